The van der Waals surface area contributed by atoms with Crippen LogP contribution in [0.15, 0.2) is 30.3 Å². The average molecular weight is 409 g/mol. The van der Waals surface area contributed by atoms with E-state index >= 15 is 0 Å². The number of nitrogens with zero attached hydrogens (tertiary/aromatic N) is 2. The molecule has 0 bridgehead atoms. The van der Waals surface area contributed by atoms with Crippen molar-refractivity contribution in [1.82, 2.24) is 15.1 Å². The molecule has 28 heavy (non-hydrogen) atoms. The lowest BCUT2D eigenvalue weighted by Gasteiger charge is -2.36. The summed E-state index contributed by atoms with van der Waals surface area (Å²) in [4.78, 5) is 29.0. The first-order valence-electron chi connectivity index (χ1n) is 9.99. The smallest absolute Gasteiger partial charge is 0.320 e. The van der Waals surface area contributed by atoms with Crippen LogP contribution in [0, 0.1) is 11.8 Å². The number of hydrogen-bond acceptors (Lipinski definition) is 3. The Balaban J connectivity index is 0.00000280. The molecule has 3 rings (SSSR count). The van der Waals surface area contributed by atoms with E-state index in [0.717, 1.165) is 18.4 Å². The Labute approximate surface area is 174 Å². The Hall–Kier alpha value is -1.79. The molecule has 1 aromatic carbocycles. The second kappa shape index (κ2) is 9.61. The third-order valence-electron chi connectivity index (χ3n) is 6.04. The minimum absolute atomic E-state index is 0. The highest BCUT2D eigenvalue weighted by atomic mass is 35.5. The van der Waals surface area contributed by atoms with Crippen molar-refractivity contribution >= 4 is 24.3 Å². The summed E-state index contributed by atoms with van der Waals surface area (Å²) in [5, 5.41) is 3.20. The quantitative estimate of drug-likeness (QED) is 0.759. The summed E-state index contributed by atoms with van der Waals surface area (Å²) in [6.45, 7) is 4.37. The van der Waals surface area contributed by atoms with E-state index in [4.69, 9.17) is 5.73 Å². The highest BCUT2D eigenvalue weighted by molar-refractivity contribution is 5.85. The average Bonchev–Trinajstić information content (AvgIpc) is 3.54. The second-order valence-electron chi connectivity index (χ2n) is 8.27. The first-order valence-corrected chi connectivity index (χ1v) is 9.99. The maximum absolute atomic E-state index is 12.7. The number of halogens is 1. The molecule has 3 N–H and O–H groups in total. The Morgan fingerprint density at radius 3 is 2.32 bits per heavy atom. The van der Waals surface area contributed by atoms with Crippen molar-refractivity contribution in [3.8, 4) is 0 Å². The van der Waals surface area contributed by atoms with Crippen molar-refractivity contribution in [3.63, 3.8) is 0 Å². The van der Waals surface area contributed by atoms with Crippen LogP contribution in [0.3, 0.4) is 0 Å². The fraction of sp³-hybridized carbons (Fsp3) is 0.619. The van der Waals surface area contributed by atoms with E-state index < -0.39 is 0 Å². The predicted molar refractivity (Wildman–Crippen MR) is 113 cm³/mol. The van der Waals surface area contributed by atoms with Gasteiger partial charge in [-0.15, -0.1) is 12.4 Å². The number of urea groups is 1. The number of nitrogens with two attached hydrogens (primary N) is 1. The van der Waals surface area contributed by atoms with Gasteiger partial charge in [0.2, 0.25) is 5.91 Å². The lowest BCUT2D eigenvalue weighted by molar-refractivity contribution is -0.128. The molecule has 6 nitrogen and oxygen atoms in total. The summed E-state index contributed by atoms with van der Waals surface area (Å²) in [6, 6.07) is 10.0. The van der Waals surface area contributed by atoms with E-state index in [2.05, 4.69) is 12.2 Å². The van der Waals surface area contributed by atoms with Gasteiger partial charge in [-0.2, -0.15) is 0 Å². The van der Waals surface area contributed by atoms with Crippen molar-refractivity contribution in [3.05, 3.63) is 35.9 Å². The summed E-state index contributed by atoms with van der Waals surface area (Å²) in [7, 11) is 1.83. The second-order valence-corrected chi connectivity index (χ2v) is 8.27. The van der Waals surface area contributed by atoms with E-state index in [1.54, 1.807) is 4.90 Å². The van der Waals surface area contributed by atoms with E-state index in [1.807, 2.05) is 42.3 Å². The minimum Gasteiger partial charge on any atom is -0.349 e. The van der Waals surface area contributed by atoms with E-state index in [1.165, 1.54) is 0 Å². The first-order chi connectivity index (χ1) is 12.9. The van der Waals surface area contributed by atoms with Gasteiger partial charge in [0.15, 0.2) is 0 Å². The van der Waals surface area contributed by atoms with Crippen molar-refractivity contribution < 1.29 is 9.59 Å². The molecule has 0 radical (unpaired) electrons. The van der Waals surface area contributed by atoms with Crippen LogP contribution in [0.2, 0.25) is 0 Å². The highest BCUT2D eigenvalue weighted by Gasteiger charge is 2.42. The molecule has 1 saturated carbocycles. The number of benzene rings is 1. The van der Waals surface area contributed by atoms with Crippen molar-refractivity contribution in [2.75, 3.05) is 26.7 Å². The summed E-state index contributed by atoms with van der Waals surface area (Å²) in [5.74, 6) is 0.581. The van der Waals surface area contributed by atoms with Gasteiger partial charge in [-0.3, -0.25) is 4.79 Å². The largest absolute Gasteiger partial charge is 0.349 e. The number of likely N-dealkylation sites (tertiary alicyclic amines) is 1. The fourth-order valence-electron chi connectivity index (χ4n) is 3.92. The Morgan fingerprint density at radius 1 is 1.18 bits per heavy atom. The third kappa shape index (κ3) is 5.39. The third-order valence-corrected chi connectivity index (χ3v) is 6.04. The molecule has 0 aromatic heterocycles. The molecule has 1 aliphatic heterocycles. The highest BCUT2D eigenvalue weighted by Crippen LogP contribution is 2.39. The molecule has 1 aromatic rings. The first kappa shape index (κ1) is 22.5. The van der Waals surface area contributed by atoms with Gasteiger partial charge in [0.25, 0.3) is 0 Å². The maximum Gasteiger partial charge on any atom is 0.320 e. The van der Waals surface area contributed by atoms with Gasteiger partial charge in [0.1, 0.15) is 0 Å². The molecule has 1 saturated heterocycles. The normalized spacial score (nSPS) is 19.3. The molecule has 1 atom stereocenters. The lowest BCUT2D eigenvalue weighted by Crippen LogP contribution is -2.56. The van der Waals surface area contributed by atoms with E-state index in [-0.39, 0.29) is 35.8 Å². The summed E-state index contributed by atoms with van der Waals surface area (Å²) >= 11 is 0. The van der Waals surface area contributed by atoms with Crippen LogP contribution in [0.25, 0.3) is 0 Å². The summed E-state index contributed by atoms with van der Waals surface area (Å²) in [6.07, 6.45) is 3.72. The van der Waals surface area contributed by atoms with Gasteiger partial charge in [-0.05, 0) is 44.1 Å². The lowest BCUT2D eigenvalue weighted by atomic mass is 9.91. The van der Waals surface area contributed by atoms with E-state index in [0.29, 0.717) is 44.9 Å². The predicted octanol–water partition coefficient (Wildman–Crippen LogP) is 2.62. The minimum atomic E-state index is -0.278. The Bertz CT molecular complexity index is 660. The summed E-state index contributed by atoms with van der Waals surface area (Å²) in [5.41, 5.74) is 6.75. The van der Waals surface area contributed by atoms with Crippen LogP contribution in [-0.2, 0) is 11.3 Å². The van der Waals surface area contributed by atoms with Crippen LogP contribution in [0.4, 0.5) is 4.79 Å². The number of piperidine rings is 1. The van der Waals surface area contributed by atoms with Crippen molar-refractivity contribution in [2.24, 2.45) is 17.6 Å². The number of nitrogens with one attached hydrogen (secondary N) is 1. The number of carbonyl (C=O) groups excluding carboxylic acids is 2. The topological polar surface area (TPSA) is 78.7 Å². The molecule has 1 heterocycles. The van der Waals surface area contributed by atoms with Crippen LogP contribution < -0.4 is 11.1 Å². The van der Waals surface area contributed by atoms with Gasteiger partial charge < -0.3 is 20.9 Å². The van der Waals surface area contributed by atoms with Crippen LogP contribution in [-0.4, -0.2) is 54.0 Å². The van der Waals surface area contributed by atoms with Gasteiger partial charge in [0, 0.05) is 39.1 Å². The summed E-state index contributed by atoms with van der Waals surface area (Å²) < 4.78 is 0. The van der Waals surface area contributed by atoms with E-state index in [9.17, 15) is 9.59 Å². The zero-order valence-corrected chi connectivity index (χ0v) is 17.7. The van der Waals surface area contributed by atoms with Crippen molar-refractivity contribution in [2.45, 2.75) is 44.7 Å². The molecule has 0 spiro atoms. The monoisotopic (exact) mass is 408 g/mol. The van der Waals surface area contributed by atoms with Gasteiger partial charge in [-0.25, -0.2) is 4.79 Å². The standard InChI is InChI=1S/C21H32N4O2.ClH/c1-21(15-22,18-8-9-18)23-19(26)17-10-12-25(13-11-17)20(27)24(2)14-16-6-4-3-5-7-16;/h3-7,17-18H,8-15,22H2,1-2H3,(H,23,26);1H. The maximum atomic E-state index is 12.7. The molecular weight excluding hydrogens is 376 g/mol. The van der Waals surface area contributed by atoms with Crippen LogP contribution in [0.1, 0.15) is 38.2 Å². The van der Waals surface area contributed by atoms with Crippen molar-refractivity contribution in [1.29, 1.82) is 0 Å². The number of rotatable bonds is 6. The Kier molecular flexibility index (Phi) is 7.72. The molecule has 2 aliphatic rings. The van der Waals surface area contributed by atoms with Gasteiger partial charge >= 0.3 is 6.03 Å². The zero-order valence-electron chi connectivity index (χ0n) is 16.9. The molecule has 7 heteroatoms. The fourth-order valence-corrected chi connectivity index (χ4v) is 3.92. The molecule has 1 unspecified atom stereocenters. The number of amides is 3. The molecule has 2 fully saturated rings. The number of carbonyl (C=O) groups is 2. The molecule has 3 amide bonds. The van der Waals surface area contributed by atoms with Gasteiger partial charge in [-0.1, -0.05) is 30.3 Å². The SMILES string of the molecule is CN(Cc1ccccc1)C(=O)N1CCC(C(=O)NC(C)(CN)C2CC2)CC1.Cl. The zero-order chi connectivity index (χ0) is 19.4. The molecular formula is C21H33ClN4O2. The number of hydrogen-bond donors (Lipinski definition) is 2. The van der Waals surface area contributed by atoms with Gasteiger partial charge in [0.05, 0.1) is 5.54 Å². The molecule has 156 valence electrons. The Morgan fingerprint density at radius 2 is 1.79 bits per heavy atom. The van der Waals surface area contributed by atoms with Crippen LogP contribution in [0.5, 0.6) is 0 Å². The van der Waals surface area contributed by atoms with Crippen LogP contribution >= 0.6 is 12.4 Å². The molecule has 1 aliphatic carbocycles.